The van der Waals surface area contributed by atoms with Crippen molar-refractivity contribution in [3.05, 3.63) is 66.2 Å². The lowest BCUT2D eigenvalue weighted by atomic mass is 10.1. The molecule has 2 rings (SSSR count). The van der Waals surface area contributed by atoms with Crippen LogP contribution in [0, 0.1) is 6.92 Å². The second-order valence-electron chi connectivity index (χ2n) is 5.97. The fourth-order valence-corrected chi connectivity index (χ4v) is 4.20. The number of nitrogens with zero attached hydrogens (tertiary/aromatic N) is 1. The Morgan fingerprint density at radius 1 is 1.18 bits per heavy atom. The Morgan fingerprint density at radius 2 is 1.82 bits per heavy atom. The van der Waals surface area contributed by atoms with Crippen LogP contribution in [0.4, 0.5) is 11.4 Å². The second kappa shape index (κ2) is 8.71. The van der Waals surface area contributed by atoms with Crippen LogP contribution in [-0.4, -0.2) is 33.9 Å². The fraction of sp³-hybridized carbons (Fsp3) is 0.200. The van der Waals surface area contributed by atoms with E-state index in [2.05, 4.69) is 11.9 Å². The Hall–Kier alpha value is -3.13. The van der Waals surface area contributed by atoms with Crippen LogP contribution >= 0.6 is 0 Å². The molecule has 0 saturated heterocycles. The summed E-state index contributed by atoms with van der Waals surface area (Å²) in [6.45, 7) is 6.68. The molecule has 0 bridgehead atoms. The van der Waals surface area contributed by atoms with Crippen LogP contribution in [-0.2, 0) is 19.6 Å². The summed E-state index contributed by atoms with van der Waals surface area (Å²) in [5, 5.41) is 2.59. The molecule has 0 aliphatic heterocycles. The second-order valence-corrected chi connectivity index (χ2v) is 7.83. The van der Waals surface area contributed by atoms with E-state index in [1.54, 1.807) is 25.1 Å². The SMILES string of the molecule is C=CCN(c1cccc(C(=O)OC)c1C)S(=O)(=O)c1ccc(NC(C)=O)cc1. The molecule has 0 unspecified atom stereocenters. The Labute approximate surface area is 164 Å². The van der Waals surface area contributed by atoms with Crippen LogP contribution in [0.3, 0.4) is 0 Å². The third-order valence-corrected chi connectivity index (χ3v) is 5.83. The van der Waals surface area contributed by atoms with Crippen molar-refractivity contribution in [2.75, 3.05) is 23.3 Å². The number of esters is 1. The normalized spacial score (nSPS) is 10.8. The first-order chi connectivity index (χ1) is 13.2. The number of hydrogen-bond donors (Lipinski definition) is 1. The maximum atomic E-state index is 13.2. The third kappa shape index (κ3) is 4.40. The molecule has 1 N–H and O–H groups in total. The van der Waals surface area contributed by atoms with Crippen LogP contribution in [0.5, 0.6) is 0 Å². The van der Waals surface area contributed by atoms with E-state index in [0.717, 1.165) is 0 Å². The maximum Gasteiger partial charge on any atom is 0.338 e. The minimum atomic E-state index is -3.94. The number of rotatable bonds is 7. The Morgan fingerprint density at radius 3 is 2.36 bits per heavy atom. The van der Waals surface area contributed by atoms with Gasteiger partial charge in [-0.15, -0.1) is 6.58 Å². The van der Waals surface area contributed by atoms with Crippen molar-refractivity contribution in [1.29, 1.82) is 0 Å². The van der Waals surface area contributed by atoms with Gasteiger partial charge in [0.2, 0.25) is 5.91 Å². The number of methoxy groups -OCH3 is 1. The number of carbonyl (C=O) groups excluding carboxylic acids is 2. The van der Waals surface area contributed by atoms with Gasteiger partial charge in [0.25, 0.3) is 10.0 Å². The zero-order chi connectivity index (χ0) is 20.9. The summed E-state index contributed by atoms with van der Waals surface area (Å²) in [5.74, 6) is -0.797. The number of benzene rings is 2. The van der Waals surface area contributed by atoms with Crippen molar-refractivity contribution < 1.29 is 22.7 Å². The van der Waals surface area contributed by atoms with Gasteiger partial charge in [-0.1, -0.05) is 12.1 Å². The molecule has 8 heteroatoms. The first-order valence-electron chi connectivity index (χ1n) is 8.41. The topological polar surface area (TPSA) is 92.8 Å². The van der Waals surface area contributed by atoms with Gasteiger partial charge in [-0.3, -0.25) is 9.10 Å². The van der Waals surface area contributed by atoms with Gasteiger partial charge in [0.1, 0.15) is 0 Å². The monoisotopic (exact) mass is 402 g/mol. The highest BCUT2D eigenvalue weighted by Crippen LogP contribution is 2.29. The maximum absolute atomic E-state index is 13.2. The Balaban J connectivity index is 2.52. The molecule has 28 heavy (non-hydrogen) atoms. The Kier molecular flexibility index (Phi) is 6.58. The number of anilines is 2. The van der Waals surface area contributed by atoms with Gasteiger partial charge in [-0.2, -0.15) is 0 Å². The Bertz CT molecular complexity index is 998. The van der Waals surface area contributed by atoms with Crippen LogP contribution in [0.1, 0.15) is 22.8 Å². The molecule has 0 aromatic heterocycles. The summed E-state index contributed by atoms with van der Waals surface area (Å²) in [4.78, 5) is 23.2. The minimum absolute atomic E-state index is 0.0151. The van der Waals surface area contributed by atoms with Crippen molar-refractivity contribution in [2.24, 2.45) is 0 Å². The highest BCUT2D eigenvalue weighted by atomic mass is 32.2. The van der Waals surface area contributed by atoms with E-state index in [4.69, 9.17) is 4.74 Å². The highest BCUT2D eigenvalue weighted by Gasteiger charge is 2.26. The minimum Gasteiger partial charge on any atom is -0.465 e. The molecule has 0 saturated carbocycles. The van der Waals surface area contributed by atoms with E-state index in [1.807, 2.05) is 0 Å². The first kappa shape index (κ1) is 21.2. The van der Waals surface area contributed by atoms with E-state index in [1.165, 1.54) is 48.7 Å². The molecule has 0 aliphatic rings. The predicted molar refractivity (Wildman–Crippen MR) is 108 cm³/mol. The smallest absolute Gasteiger partial charge is 0.338 e. The lowest BCUT2D eigenvalue weighted by Gasteiger charge is -2.25. The number of hydrogen-bond acceptors (Lipinski definition) is 5. The lowest BCUT2D eigenvalue weighted by Crippen LogP contribution is -2.32. The quantitative estimate of drug-likeness (QED) is 0.567. The molecular formula is C20H22N2O5S. The van der Waals surface area contributed by atoms with E-state index in [0.29, 0.717) is 16.9 Å². The molecule has 0 fully saturated rings. The molecule has 0 radical (unpaired) electrons. The van der Waals surface area contributed by atoms with Crippen molar-refractivity contribution >= 4 is 33.3 Å². The standard InChI is InChI=1S/C20H22N2O5S/c1-5-13-22(19-8-6-7-18(14(19)2)20(24)27-4)28(25,26)17-11-9-16(10-12-17)21-15(3)23/h5-12H,1,13H2,2-4H3,(H,21,23). The fourth-order valence-electron chi connectivity index (χ4n) is 2.71. The van der Waals surface area contributed by atoms with Gasteiger partial charge >= 0.3 is 5.97 Å². The lowest BCUT2D eigenvalue weighted by molar-refractivity contribution is -0.114. The molecule has 0 aliphatic carbocycles. The molecular weight excluding hydrogens is 380 g/mol. The van der Waals surface area contributed by atoms with Gasteiger partial charge in [0.05, 0.1) is 29.8 Å². The highest BCUT2D eigenvalue weighted by molar-refractivity contribution is 7.92. The van der Waals surface area contributed by atoms with Gasteiger partial charge in [0, 0.05) is 12.6 Å². The summed E-state index contributed by atoms with van der Waals surface area (Å²) >= 11 is 0. The molecule has 2 aromatic rings. The van der Waals surface area contributed by atoms with E-state index in [9.17, 15) is 18.0 Å². The zero-order valence-electron chi connectivity index (χ0n) is 15.9. The van der Waals surface area contributed by atoms with E-state index in [-0.39, 0.29) is 22.9 Å². The molecule has 2 aromatic carbocycles. The molecule has 1 amide bonds. The number of sulfonamides is 1. The van der Waals surface area contributed by atoms with Crippen molar-refractivity contribution in [3.8, 4) is 0 Å². The van der Waals surface area contributed by atoms with Gasteiger partial charge in [0.15, 0.2) is 0 Å². The van der Waals surface area contributed by atoms with Crippen molar-refractivity contribution in [3.63, 3.8) is 0 Å². The number of carbonyl (C=O) groups is 2. The van der Waals surface area contributed by atoms with Crippen LogP contribution in [0.15, 0.2) is 60.0 Å². The predicted octanol–water partition coefficient (Wildman–Crippen LogP) is 3.12. The van der Waals surface area contributed by atoms with Gasteiger partial charge in [-0.25, -0.2) is 13.2 Å². The van der Waals surface area contributed by atoms with Crippen molar-refractivity contribution in [1.82, 2.24) is 0 Å². The zero-order valence-corrected chi connectivity index (χ0v) is 16.7. The van der Waals surface area contributed by atoms with Gasteiger partial charge in [-0.05, 0) is 48.9 Å². The summed E-state index contributed by atoms with van der Waals surface area (Å²) in [7, 11) is -2.67. The number of nitrogens with one attached hydrogen (secondary N) is 1. The van der Waals surface area contributed by atoms with E-state index >= 15 is 0 Å². The van der Waals surface area contributed by atoms with Crippen LogP contribution < -0.4 is 9.62 Å². The average Bonchev–Trinajstić information content (AvgIpc) is 2.66. The number of ether oxygens (including phenoxy) is 1. The summed E-state index contributed by atoms with van der Waals surface area (Å²) in [6.07, 6.45) is 1.47. The molecule has 0 heterocycles. The average molecular weight is 402 g/mol. The third-order valence-electron chi connectivity index (χ3n) is 4.04. The van der Waals surface area contributed by atoms with Crippen LogP contribution in [0.25, 0.3) is 0 Å². The largest absolute Gasteiger partial charge is 0.465 e. The molecule has 0 atom stereocenters. The summed E-state index contributed by atoms with van der Waals surface area (Å²) in [5.41, 5.74) is 1.61. The van der Waals surface area contributed by atoms with Crippen LogP contribution in [0.2, 0.25) is 0 Å². The molecule has 7 nitrogen and oxygen atoms in total. The van der Waals surface area contributed by atoms with Gasteiger partial charge < -0.3 is 10.1 Å². The molecule has 0 spiro atoms. The number of amides is 1. The van der Waals surface area contributed by atoms with E-state index < -0.39 is 16.0 Å². The van der Waals surface area contributed by atoms with Crippen molar-refractivity contribution in [2.45, 2.75) is 18.7 Å². The molecule has 148 valence electrons. The summed E-state index contributed by atoms with van der Waals surface area (Å²) in [6, 6.07) is 10.6. The summed E-state index contributed by atoms with van der Waals surface area (Å²) < 4.78 is 32.4. The first-order valence-corrected chi connectivity index (χ1v) is 9.85.